The zero-order valence-electron chi connectivity index (χ0n) is 9.35. The monoisotopic (exact) mass is 276 g/mol. The lowest BCUT2D eigenvalue weighted by atomic mass is 10.2. The van der Waals surface area contributed by atoms with Crippen molar-refractivity contribution in [3.8, 4) is 0 Å². The fraction of sp³-hybridized carbons (Fsp3) is 0.0833. The van der Waals surface area contributed by atoms with Crippen molar-refractivity contribution < 1.29 is 0 Å². The number of hydrogen-bond donors (Lipinski definition) is 1. The maximum Gasteiger partial charge on any atom is 0.211 e. The Kier molecular flexibility index (Phi) is 2.93. The van der Waals surface area contributed by atoms with Crippen LogP contribution in [0.5, 0.6) is 0 Å². The lowest BCUT2D eigenvalue weighted by Gasteiger charge is -1.96. The summed E-state index contributed by atoms with van der Waals surface area (Å²) in [4.78, 5) is 7.64. The van der Waals surface area contributed by atoms with Crippen molar-refractivity contribution in [2.24, 2.45) is 0 Å². The molecule has 6 heteroatoms. The van der Waals surface area contributed by atoms with E-state index in [1.165, 1.54) is 11.8 Å². The minimum atomic E-state index is 0.570. The molecule has 90 valence electrons. The zero-order chi connectivity index (χ0) is 12.5. The highest BCUT2D eigenvalue weighted by molar-refractivity contribution is 7.99. The Labute approximate surface area is 112 Å². The quantitative estimate of drug-likeness (QED) is 0.746. The summed E-state index contributed by atoms with van der Waals surface area (Å²) in [7, 11) is 0. The van der Waals surface area contributed by atoms with Crippen molar-refractivity contribution >= 4 is 45.4 Å². The molecule has 18 heavy (non-hydrogen) atoms. The molecule has 0 saturated heterocycles. The molecule has 2 heterocycles. The Morgan fingerprint density at radius 3 is 3.00 bits per heavy atom. The van der Waals surface area contributed by atoms with Gasteiger partial charge >= 0.3 is 0 Å². The van der Waals surface area contributed by atoms with Crippen LogP contribution in [0.2, 0.25) is 0 Å². The first-order valence-electron chi connectivity index (χ1n) is 5.31. The number of aromatic nitrogens is 4. The van der Waals surface area contributed by atoms with Gasteiger partial charge in [0, 0.05) is 21.7 Å². The largest absolute Gasteiger partial charge is 0.338 e. The summed E-state index contributed by atoms with van der Waals surface area (Å²) in [6.45, 7) is 3.63. The molecule has 1 aromatic carbocycles. The first kappa shape index (κ1) is 11.5. The Morgan fingerprint density at radius 1 is 1.33 bits per heavy atom. The summed E-state index contributed by atoms with van der Waals surface area (Å²) in [5.41, 5.74) is 2.55. The number of halogens is 1. The summed E-state index contributed by atoms with van der Waals surface area (Å²) in [6.07, 6.45) is 0. The van der Waals surface area contributed by atoms with E-state index >= 15 is 0 Å². The van der Waals surface area contributed by atoms with E-state index in [4.69, 9.17) is 11.6 Å². The fourth-order valence-electron chi connectivity index (χ4n) is 1.71. The molecule has 3 rings (SSSR count). The van der Waals surface area contributed by atoms with Gasteiger partial charge in [0.15, 0.2) is 5.65 Å². The van der Waals surface area contributed by atoms with Gasteiger partial charge in [0.1, 0.15) is 5.52 Å². The molecule has 1 N–H and O–H groups in total. The predicted octanol–water partition coefficient (Wildman–Crippen LogP) is 3.35. The molecule has 0 aliphatic carbocycles. The van der Waals surface area contributed by atoms with Gasteiger partial charge < -0.3 is 4.98 Å². The van der Waals surface area contributed by atoms with Crippen molar-refractivity contribution in [3.63, 3.8) is 0 Å². The molecule has 0 aliphatic rings. The van der Waals surface area contributed by atoms with Crippen LogP contribution < -0.4 is 0 Å². The van der Waals surface area contributed by atoms with Crippen molar-refractivity contribution in [2.75, 3.05) is 5.75 Å². The number of hydrogen-bond acceptors (Lipinski definition) is 4. The number of nitrogens with one attached hydrogen (secondary N) is 1. The number of nitrogens with zero attached hydrogens (tertiary/aromatic N) is 3. The van der Waals surface area contributed by atoms with Crippen molar-refractivity contribution in [1.29, 1.82) is 0 Å². The Morgan fingerprint density at radius 2 is 2.17 bits per heavy atom. The molecule has 0 radical (unpaired) electrons. The number of H-pyrrole nitrogens is 1. The van der Waals surface area contributed by atoms with E-state index in [1.807, 2.05) is 24.3 Å². The predicted molar refractivity (Wildman–Crippen MR) is 74.9 cm³/mol. The number of fused-ring (bicyclic) bond motifs is 3. The van der Waals surface area contributed by atoms with Crippen LogP contribution in [0.25, 0.3) is 22.1 Å². The van der Waals surface area contributed by atoms with Crippen molar-refractivity contribution in [1.82, 2.24) is 20.2 Å². The van der Waals surface area contributed by atoms with E-state index in [1.54, 1.807) is 0 Å². The molecule has 4 nitrogen and oxygen atoms in total. The van der Waals surface area contributed by atoms with Gasteiger partial charge in [-0.25, -0.2) is 4.98 Å². The topological polar surface area (TPSA) is 54.5 Å². The molecular weight excluding hydrogens is 268 g/mol. The third kappa shape index (κ3) is 2.07. The Bertz CT molecular complexity index is 737. The van der Waals surface area contributed by atoms with Crippen LogP contribution in [-0.4, -0.2) is 25.9 Å². The van der Waals surface area contributed by atoms with Gasteiger partial charge in [-0.2, -0.15) is 0 Å². The van der Waals surface area contributed by atoms with Crippen LogP contribution >= 0.6 is 23.4 Å². The van der Waals surface area contributed by atoms with E-state index in [0.717, 1.165) is 22.1 Å². The number of para-hydroxylation sites is 1. The molecule has 0 atom stereocenters. The average Bonchev–Trinajstić information content (AvgIpc) is 2.73. The molecule has 2 aromatic heterocycles. The summed E-state index contributed by atoms with van der Waals surface area (Å²) < 4.78 is 0. The smallest absolute Gasteiger partial charge is 0.211 e. The van der Waals surface area contributed by atoms with Gasteiger partial charge in [0.25, 0.3) is 0 Å². The maximum atomic E-state index is 5.71. The van der Waals surface area contributed by atoms with Crippen LogP contribution in [0, 0.1) is 0 Å². The minimum Gasteiger partial charge on any atom is -0.338 e. The van der Waals surface area contributed by atoms with Crippen LogP contribution in [-0.2, 0) is 0 Å². The lowest BCUT2D eigenvalue weighted by Crippen LogP contribution is -1.92. The average molecular weight is 277 g/mol. The highest BCUT2D eigenvalue weighted by Gasteiger charge is 2.08. The van der Waals surface area contributed by atoms with Crippen LogP contribution in [0.1, 0.15) is 0 Å². The van der Waals surface area contributed by atoms with E-state index in [0.29, 0.717) is 15.9 Å². The van der Waals surface area contributed by atoms with E-state index in [2.05, 4.69) is 26.7 Å². The van der Waals surface area contributed by atoms with Crippen LogP contribution in [0.4, 0.5) is 0 Å². The third-order valence-electron chi connectivity index (χ3n) is 2.46. The van der Waals surface area contributed by atoms with E-state index in [9.17, 15) is 0 Å². The van der Waals surface area contributed by atoms with Crippen molar-refractivity contribution in [3.05, 3.63) is 35.9 Å². The van der Waals surface area contributed by atoms with Gasteiger partial charge in [0.05, 0.1) is 0 Å². The Hall–Kier alpha value is -1.59. The molecule has 0 bridgehead atoms. The highest BCUT2D eigenvalue weighted by atomic mass is 35.5. The first-order chi connectivity index (χ1) is 8.74. The molecule has 0 spiro atoms. The number of rotatable bonds is 3. The van der Waals surface area contributed by atoms with Crippen LogP contribution in [0.15, 0.2) is 41.0 Å². The SMILES string of the molecule is C=C(Cl)CSc1nnc2c(n1)[nH]c1ccccc12. The van der Waals surface area contributed by atoms with Crippen molar-refractivity contribution in [2.45, 2.75) is 5.16 Å². The summed E-state index contributed by atoms with van der Waals surface area (Å²) in [6, 6.07) is 7.93. The normalized spacial score (nSPS) is 11.2. The van der Waals surface area contributed by atoms with Crippen LogP contribution in [0.3, 0.4) is 0 Å². The minimum absolute atomic E-state index is 0.570. The molecule has 0 aliphatic heterocycles. The molecule has 0 unspecified atom stereocenters. The van der Waals surface area contributed by atoms with Gasteiger partial charge in [-0.15, -0.1) is 10.2 Å². The standard InChI is InChI=1S/C12H9ClN4S/c1-7(13)6-18-12-15-11-10(16-17-12)8-4-2-3-5-9(8)14-11/h2-5H,1,6H2,(H,14,15,17). The number of aromatic amines is 1. The second-order valence-electron chi connectivity index (χ2n) is 3.77. The number of thioether (sulfide) groups is 1. The molecular formula is C12H9ClN4S. The number of benzene rings is 1. The molecule has 0 fully saturated rings. The van der Waals surface area contributed by atoms with Gasteiger partial charge in [0.2, 0.25) is 5.16 Å². The summed E-state index contributed by atoms with van der Waals surface area (Å²) in [5, 5.41) is 10.5. The Balaban J connectivity index is 2.07. The third-order valence-corrected chi connectivity index (χ3v) is 3.68. The zero-order valence-corrected chi connectivity index (χ0v) is 10.9. The second kappa shape index (κ2) is 4.59. The van der Waals surface area contributed by atoms with E-state index < -0.39 is 0 Å². The maximum absolute atomic E-state index is 5.71. The lowest BCUT2D eigenvalue weighted by molar-refractivity contribution is 0.879. The molecule has 0 saturated carbocycles. The highest BCUT2D eigenvalue weighted by Crippen LogP contribution is 2.23. The van der Waals surface area contributed by atoms with Gasteiger partial charge in [-0.3, -0.25) is 0 Å². The van der Waals surface area contributed by atoms with E-state index in [-0.39, 0.29) is 0 Å². The molecule has 0 amide bonds. The van der Waals surface area contributed by atoms with Gasteiger partial charge in [-0.05, 0) is 6.07 Å². The van der Waals surface area contributed by atoms with Gasteiger partial charge in [-0.1, -0.05) is 48.1 Å². The second-order valence-corrected chi connectivity index (χ2v) is 5.25. The molecule has 3 aromatic rings. The summed E-state index contributed by atoms with van der Waals surface area (Å²) >= 11 is 7.13. The summed E-state index contributed by atoms with van der Waals surface area (Å²) in [5.74, 6) is 0.578. The first-order valence-corrected chi connectivity index (χ1v) is 6.67. The fourth-order valence-corrected chi connectivity index (χ4v) is 2.41.